The van der Waals surface area contributed by atoms with Gasteiger partial charge in [0.2, 0.25) is 0 Å². The number of nitrogens with one attached hydrogen (secondary N) is 1. The second-order valence-electron chi connectivity index (χ2n) is 4.89. The molecule has 1 atom stereocenters. The highest BCUT2D eigenvalue weighted by Gasteiger charge is 2.20. The molecule has 0 aliphatic carbocycles. The third-order valence-corrected chi connectivity index (χ3v) is 3.10. The molecule has 0 saturated carbocycles. The van der Waals surface area contributed by atoms with Gasteiger partial charge in [0.1, 0.15) is 0 Å². The zero-order valence-electron chi connectivity index (χ0n) is 11.6. The molecule has 1 heterocycles. The van der Waals surface area contributed by atoms with Gasteiger partial charge in [0.25, 0.3) is 5.91 Å². The van der Waals surface area contributed by atoms with Crippen LogP contribution in [-0.2, 0) is 0 Å². The molecule has 0 spiro atoms. The summed E-state index contributed by atoms with van der Waals surface area (Å²) in [6.07, 6.45) is 1.97. The number of nitrogens with zero attached hydrogens (tertiary/aromatic N) is 3. The normalized spacial score (nSPS) is 13.8. The lowest BCUT2D eigenvalue weighted by Crippen LogP contribution is -2.40. The predicted molar refractivity (Wildman–Crippen MR) is 74.6 cm³/mol. The van der Waals surface area contributed by atoms with Gasteiger partial charge < -0.3 is 10.4 Å². The molecular formula is C14H18N4O2. The van der Waals surface area contributed by atoms with Gasteiger partial charge in [-0.2, -0.15) is 9.90 Å². The molecule has 1 amide bonds. The molecule has 1 aromatic heterocycles. The summed E-state index contributed by atoms with van der Waals surface area (Å²) in [7, 11) is 0. The van der Waals surface area contributed by atoms with Crippen LogP contribution in [0.2, 0.25) is 0 Å². The number of aliphatic hydroxyl groups is 1. The average Bonchev–Trinajstić information content (AvgIpc) is 2.96. The molecular weight excluding hydrogens is 256 g/mol. The molecule has 0 aliphatic heterocycles. The number of amides is 1. The monoisotopic (exact) mass is 274 g/mol. The maximum Gasteiger partial charge on any atom is 0.273 e. The zero-order valence-corrected chi connectivity index (χ0v) is 11.6. The highest BCUT2D eigenvalue weighted by Crippen LogP contribution is 2.07. The highest BCUT2D eigenvalue weighted by atomic mass is 16.3. The van der Waals surface area contributed by atoms with E-state index in [4.69, 9.17) is 0 Å². The molecule has 2 N–H and O–H groups in total. The number of carbonyl (C=O) groups is 1. The van der Waals surface area contributed by atoms with Crippen LogP contribution < -0.4 is 5.32 Å². The number of hydrogen-bond donors (Lipinski definition) is 2. The Kier molecular flexibility index (Phi) is 4.14. The molecule has 2 rings (SSSR count). The molecule has 0 radical (unpaired) electrons. The van der Waals surface area contributed by atoms with Crippen molar-refractivity contribution in [3.63, 3.8) is 0 Å². The van der Waals surface area contributed by atoms with Gasteiger partial charge in [0, 0.05) is 6.54 Å². The lowest BCUT2D eigenvalue weighted by molar-refractivity contribution is 0.0517. The van der Waals surface area contributed by atoms with E-state index >= 15 is 0 Å². The molecule has 0 saturated heterocycles. The molecule has 20 heavy (non-hydrogen) atoms. The maximum atomic E-state index is 11.9. The fourth-order valence-electron chi connectivity index (χ4n) is 1.54. The number of para-hydroxylation sites is 1. The molecule has 0 fully saturated rings. The molecule has 1 aromatic carbocycles. The van der Waals surface area contributed by atoms with Crippen molar-refractivity contribution >= 4 is 5.91 Å². The standard InChI is InChI=1S/C14H18N4O2/c1-3-14(2,20)10-15-13(19)12-9-16-18(17-12)11-7-5-4-6-8-11/h4-9,20H,3,10H2,1-2H3,(H,15,19). The summed E-state index contributed by atoms with van der Waals surface area (Å²) in [5.41, 5.74) is 0.0957. The molecule has 1 unspecified atom stereocenters. The van der Waals surface area contributed by atoms with E-state index in [1.165, 1.54) is 11.0 Å². The Hall–Kier alpha value is -2.21. The van der Waals surface area contributed by atoms with Crippen molar-refractivity contribution in [1.29, 1.82) is 0 Å². The minimum absolute atomic E-state index is 0.181. The van der Waals surface area contributed by atoms with Crippen molar-refractivity contribution in [2.45, 2.75) is 25.9 Å². The summed E-state index contributed by atoms with van der Waals surface area (Å²) in [6.45, 7) is 3.71. The smallest absolute Gasteiger partial charge is 0.273 e. The van der Waals surface area contributed by atoms with Crippen LogP contribution in [0.25, 0.3) is 5.69 Å². The predicted octanol–water partition coefficient (Wildman–Crippen LogP) is 1.16. The summed E-state index contributed by atoms with van der Waals surface area (Å²) < 4.78 is 0. The number of benzene rings is 1. The van der Waals surface area contributed by atoms with E-state index < -0.39 is 5.60 Å². The topological polar surface area (TPSA) is 80.0 Å². The first-order valence-corrected chi connectivity index (χ1v) is 6.50. The van der Waals surface area contributed by atoms with E-state index in [2.05, 4.69) is 15.5 Å². The lowest BCUT2D eigenvalue weighted by Gasteiger charge is -2.20. The van der Waals surface area contributed by atoms with Gasteiger partial charge >= 0.3 is 0 Å². The Morgan fingerprint density at radius 2 is 2.10 bits per heavy atom. The summed E-state index contributed by atoms with van der Waals surface area (Å²) in [6, 6.07) is 9.34. The highest BCUT2D eigenvalue weighted by molar-refractivity contribution is 5.91. The first-order valence-electron chi connectivity index (χ1n) is 6.50. The number of rotatable bonds is 5. The van der Waals surface area contributed by atoms with Crippen LogP contribution in [0.4, 0.5) is 0 Å². The van der Waals surface area contributed by atoms with Crippen LogP contribution in [0.5, 0.6) is 0 Å². The zero-order chi connectivity index (χ0) is 14.6. The van der Waals surface area contributed by atoms with E-state index in [1.54, 1.807) is 6.92 Å². The van der Waals surface area contributed by atoms with E-state index in [9.17, 15) is 9.90 Å². The van der Waals surface area contributed by atoms with Gasteiger partial charge in [-0.25, -0.2) is 0 Å². The summed E-state index contributed by atoms with van der Waals surface area (Å²) in [5, 5.41) is 20.7. The third kappa shape index (κ3) is 3.42. The first-order chi connectivity index (χ1) is 9.52. The van der Waals surface area contributed by atoms with Crippen LogP contribution in [0.1, 0.15) is 30.8 Å². The van der Waals surface area contributed by atoms with Gasteiger partial charge in [0.15, 0.2) is 5.69 Å². The van der Waals surface area contributed by atoms with E-state index in [1.807, 2.05) is 37.3 Å². The Labute approximate surface area is 117 Å². The summed E-state index contributed by atoms with van der Waals surface area (Å²) >= 11 is 0. The van der Waals surface area contributed by atoms with E-state index in [0.29, 0.717) is 6.42 Å². The molecule has 106 valence electrons. The molecule has 0 bridgehead atoms. The molecule has 0 aliphatic rings. The lowest BCUT2D eigenvalue weighted by atomic mass is 10.0. The van der Waals surface area contributed by atoms with Gasteiger partial charge in [-0.05, 0) is 25.5 Å². The van der Waals surface area contributed by atoms with Gasteiger partial charge in [-0.1, -0.05) is 25.1 Å². The number of carbonyl (C=O) groups excluding carboxylic acids is 1. The van der Waals surface area contributed by atoms with Crippen LogP contribution in [0, 0.1) is 0 Å². The van der Waals surface area contributed by atoms with Crippen molar-refractivity contribution in [3.05, 3.63) is 42.2 Å². The third-order valence-electron chi connectivity index (χ3n) is 3.10. The Morgan fingerprint density at radius 3 is 2.75 bits per heavy atom. The maximum absolute atomic E-state index is 11.9. The Morgan fingerprint density at radius 1 is 1.40 bits per heavy atom. The van der Waals surface area contributed by atoms with Crippen molar-refractivity contribution in [2.24, 2.45) is 0 Å². The van der Waals surface area contributed by atoms with Crippen LogP contribution in [0.15, 0.2) is 36.5 Å². The summed E-state index contributed by atoms with van der Waals surface area (Å²) in [5.74, 6) is -0.346. The van der Waals surface area contributed by atoms with E-state index in [0.717, 1.165) is 5.69 Å². The van der Waals surface area contributed by atoms with Gasteiger partial charge in [-0.15, -0.1) is 5.10 Å². The van der Waals surface area contributed by atoms with Crippen molar-refractivity contribution in [3.8, 4) is 5.69 Å². The second-order valence-corrected chi connectivity index (χ2v) is 4.89. The first kappa shape index (κ1) is 14.2. The van der Waals surface area contributed by atoms with Crippen molar-refractivity contribution in [1.82, 2.24) is 20.3 Å². The minimum atomic E-state index is -0.912. The Balaban J connectivity index is 2.04. The molecule has 6 nitrogen and oxygen atoms in total. The SMILES string of the molecule is CCC(C)(O)CNC(=O)c1cnn(-c2ccccc2)n1. The van der Waals surface area contributed by atoms with Crippen LogP contribution in [-0.4, -0.2) is 38.2 Å². The fraction of sp³-hybridized carbons (Fsp3) is 0.357. The van der Waals surface area contributed by atoms with Crippen molar-refractivity contribution in [2.75, 3.05) is 6.54 Å². The second kappa shape index (κ2) is 5.83. The number of hydrogen-bond acceptors (Lipinski definition) is 4. The van der Waals surface area contributed by atoms with Crippen LogP contribution in [0.3, 0.4) is 0 Å². The largest absolute Gasteiger partial charge is 0.388 e. The Bertz CT molecular complexity index is 578. The molecule has 6 heteroatoms. The minimum Gasteiger partial charge on any atom is -0.388 e. The van der Waals surface area contributed by atoms with Crippen LogP contribution >= 0.6 is 0 Å². The van der Waals surface area contributed by atoms with Crippen molar-refractivity contribution < 1.29 is 9.90 Å². The average molecular weight is 274 g/mol. The quantitative estimate of drug-likeness (QED) is 0.857. The summed E-state index contributed by atoms with van der Waals surface area (Å²) in [4.78, 5) is 13.3. The van der Waals surface area contributed by atoms with Gasteiger partial charge in [0.05, 0.1) is 17.5 Å². The van der Waals surface area contributed by atoms with Gasteiger partial charge in [-0.3, -0.25) is 4.79 Å². The number of aromatic nitrogens is 3. The fourth-order valence-corrected chi connectivity index (χ4v) is 1.54. The molecule has 2 aromatic rings. The van der Waals surface area contributed by atoms with E-state index in [-0.39, 0.29) is 18.1 Å².